The third-order valence-corrected chi connectivity index (χ3v) is 2.34. The molecular formula is C7H5BrClF3N2O. The molecule has 0 amide bonds. The molecule has 0 saturated heterocycles. The molecule has 0 unspecified atom stereocenters. The van der Waals surface area contributed by atoms with Crippen LogP contribution in [0.15, 0.2) is 10.7 Å². The maximum absolute atomic E-state index is 11.7. The van der Waals surface area contributed by atoms with E-state index in [1.807, 2.05) is 0 Å². The summed E-state index contributed by atoms with van der Waals surface area (Å²) in [5.74, 6) is 0.104. The van der Waals surface area contributed by atoms with E-state index in [2.05, 4.69) is 30.6 Å². The van der Waals surface area contributed by atoms with Crippen molar-refractivity contribution in [1.29, 1.82) is 0 Å². The first-order chi connectivity index (χ1) is 6.88. The average molecular weight is 305 g/mol. The van der Waals surface area contributed by atoms with Crippen molar-refractivity contribution in [2.45, 2.75) is 12.8 Å². The molecule has 0 aliphatic carbocycles. The van der Waals surface area contributed by atoms with E-state index in [4.69, 9.17) is 11.6 Å². The van der Waals surface area contributed by atoms with Crippen molar-refractivity contribution in [3.63, 3.8) is 0 Å². The number of nitrogens with zero attached hydrogens (tertiary/aromatic N) is 2. The Morgan fingerprint density at radius 2 is 2.13 bits per heavy atom. The molecule has 1 rings (SSSR count). The summed E-state index contributed by atoms with van der Waals surface area (Å²) in [5.41, 5.74) is 0. The summed E-state index contributed by atoms with van der Waals surface area (Å²) in [7, 11) is 0. The van der Waals surface area contributed by atoms with E-state index in [9.17, 15) is 13.2 Å². The van der Waals surface area contributed by atoms with Gasteiger partial charge in [-0.05, 0) is 15.9 Å². The van der Waals surface area contributed by atoms with Crippen LogP contribution in [-0.2, 0) is 11.3 Å². The van der Waals surface area contributed by atoms with E-state index in [-0.39, 0.29) is 17.6 Å². The smallest absolute Gasteiger partial charge is 0.364 e. The second kappa shape index (κ2) is 5.09. The van der Waals surface area contributed by atoms with Gasteiger partial charge < -0.3 is 4.74 Å². The van der Waals surface area contributed by atoms with Gasteiger partial charge in [-0.1, -0.05) is 11.6 Å². The largest absolute Gasteiger partial charge is 0.411 e. The van der Waals surface area contributed by atoms with E-state index in [1.54, 1.807) is 0 Å². The van der Waals surface area contributed by atoms with Crippen LogP contribution >= 0.6 is 27.5 Å². The molecular weight excluding hydrogens is 300 g/mol. The Balaban J connectivity index is 2.48. The van der Waals surface area contributed by atoms with Gasteiger partial charge in [0, 0.05) is 6.20 Å². The molecule has 0 fully saturated rings. The van der Waals surface area contributed by atoms with Gasteiger partial charge in [0.1, 0.15) is 18.4 Å². The Hall–Kier alpha value is -0.400. The highest BCUT2D eigenvalue weighted by Crippen LogP contribution is 2.19. The van der Waals surface area contributed by atoms with Crippen molar-refractivity contribution in [3.8, 4) is 0 Å². The predicted molar refractivity (Wildman–Crippen MR) is 50.5 cm³/mol. The molecule has 0 aliphatic heterocycles. The fraction of sp³-hybridized carbons (Fsp3) is 0.429. The zero-order valence-corrected chi connectivity index (χ0v) is 9.53. The van der Waals surface area contributed by atoms with Gasteiger partial charge in [-0.3, -0.25) is 0 Å². The van der Waals surface area contributed by atoms with Crippen molar-refractivity contribution in [2.75, 3.05) is 6.61 Å². The van der Waals surface area contributed by atoms with Crippen molar-refractivity contribution in [2.24, 2.45) is 0 Å². The van der Waals surface area contributed by atoms with Gasteiger partial charge in [0.05, 0.1) is 4.47 Å². The highest BCUT2D eigenvalue weighted by atomic mass is 79.9. The van der Waals surface area contributed by atoms with E-state index in [0.717, 1.165) is 0 Å². The second-order valence-corrected chi connectivity index (χ2v) is 3.75. The van der Waals surface area contributed by atoms with E-state index >= 15 is 0 Å². The fourth-order valence-corrected chi connectivity index (χ4v) is 1.05. The Kier molecular flexibility index (Phi) is 4.30. The van der Waals surface area contributed by atoms with Gasteiger partial charge in [-0.25, -0.2) is 9.97 Å². The molecule has 0 atom stereocenters. The number of alkyl halides is 3. The normalized spacial score (nSPS) is 11.8. The molecule has 84 valence electrons. The lowest BCUT2D eigenvalue weighted by Gasteiger charge is -2.06. The predicted octanol–water partition coefficient (Wildman–Crippen LogP) is 2.97. The van der Waals surface area contributed by atoms with Crippen LogP contribution in [0.2, 0.25) is 5.15 Å². The first-order valence-electron chi connectivity index (χ1n) is 3.70. The highest BCUT2D eigenvalue weighted by Gasteiger charge is 2.27. The van der Waals surface area contributed by atoms with Crippen molar-refractivity contribution >= 4 is 27.5 Å². The third-order valence-electron chi connectivity index (χ3n) is 1.25. The Bertz CT molecular complexity index is 347. The molecule has 3 nitrogen and oxygen atoms in total. The van der Waals surface area contributed by atoms with Gasteiger partial charge in [-0.15, -0.1) is 0 Å². The number of ether oxygens (including phenoxy) is 1. The molecule has 0 aliphatic rings. The van der Waals surface area contributed by atoms with Gasteiger partial charge in [-0.2, -0.15) is 13.2 Å². The van der Waals surface area contributed by atoms with Crippen LogP contribution in [0.4, 0.5) is 13.2 Å². The number of halogens is 5. The van der Waals surface area contributed by atoms with Gasteiger partial charge in [0.25, 0.3) is 0 Å². The lowest BCUT2D eigenvalue weighted by molar-refractivity contribution is -0.177. The summed E-state index contributed by atoms with van der Waals surface area (Å²) in [6, 6.07) is 0. The molecule has 0 aromatic carbocycles. The zero-order chi connectivity index (χ0) is 11.5. The van der Waals surface area contributed by atoms with Crippen LogP contribution < -0.4 is 0 Å². The number of hydrogen-bond acceptors (Lipinski definition) is 3. The Labute approximate surface area is 96.7 Å². The van der Waals surface area contributed by atoms with Gasteiger partial charge in [0.15, 0.2) is 5.82 Å². The van der Waals surface area contributed by atoms with Crippen LogP contribution in [0.1, 0.15) is 5.82 Å². The van der Waals surface area contributed by atoms with E-state index in [0.29, 0.717) is 4.47 Å². The van der Waals surface area contributed by atoms with Crippen LogP contribution in [0, 0.1) is 0 Å². The first kappa shape index (κ1) is 12.7. The summed E-state index contributed by atoms with van der Waals surface area (Å²) in [4.78, 5) is 7.43. The monoisotopic (exact) mass is 304 g/mol. The highest BCUT2D eigenvalue weighted by molar-refractivity contribution is 9.10. The molecule has 1 aromatic heterocycles. The Morgan fingerprint density at radius 3 is 2.67 bits per heavy atom. The minimum Gasteiger partial charge on any atom is -0.364 e. The summed E-state index contributed by atoms with van der Waals surface area (Å²) < 4.78 is 39.9. The standard InChI is InChI=1S/C7H5BrClF3N2O/c8-4-1-13-5(14-6(4)9)2-15-3-7(10,11)12/h1H,2-3H2. The van der Waals surface area contributed by atoms with Crippen LogP contribution in [0.25, 0.3) is 0 Å². The molecule has 8 heteroatoms. The molecule has 0 saturated carbocycles. The third kappa shape index (κ3) is 4.76. The van der Waals surface area contributed by atoms with Crippen molar-refractivity contribution in [3.05, 3.63) is 21.6 Å². The second-order valence-electron chi connectivity index (χ2n) is 2.53. The molecule has 1 heterocycles. The van der Waals surface area contributed by atoms with Crippen molar-refractivity contribution < 1.29 is 17.9 Å². The molecule has 0 radical (unpaired) electrons. The Morgan fingerprint density at radius 1 is 1.47 bits per heavy atom. The average Bonchev–Trinajstić information content (AvgIpc) is 2.09. The number of aromatic nitrogens is 2. The number of rotatable bonds is 3. The quantitative estimate of drug-likeness (QED) is 0.805. The van der Waals surface area contributed by atoms with E-state index < -0.39 is 12.8 Å². The van der Waals surface area contributed by atoms with E-state index in [1.165, 1.54) is 6.20 Å². The molecule has 15 heavy (non-hydrogen) atoms. The van der Waals surface area contributed by atoms with Crippen molar-refractivity contribution in [1.82, 2.24) is 9.97 Å². The summed E-state index contributed by atoms with van der Waals surface area (Å²) in [5, 5.41) is 0.135. The molecule has 0 bridgehead atoms. The number of hydrogen-bond donors (Lipinski definition) is 0. The minimum absolute atomic E-state index is 0.104. The maximum Gasteiger partial charge on any atom is 0.411 e. The zero-order valence-electron chi connectivity index (χ0n) is 7.18. The lowest BCUT2D eigenvalue weighted by atomic mass is 10.6. The molecule has 1 aromatic rings. The molecule has 0 spiro atoms. The summed E-state index contributed by atoms with van der Waals surface area (Å²) in [6.45, 7) is -1.66. The lowest BCUT2D eigenvalue weighted by Crippen LogP contribution is -2.17. The fourth-order valence-electron chi connectivity index (χ4n) is 0.708. The van der Waals surface area contributed by atoms with Crippen LogP contribution in [0.5, 0.6) is 0 Å². The van der Waals surface area contributed by atoms with Crippen LogP contribution in [0.3, 0.4) is 0 Å². The maximum atomic E-state index is 11.7. The minimum atomic E-state index is -4.35. The molecule has 0 N–H and O–H groups in total. The topological polar surface area (TPSA) is 35.0 Å². The van der Waals surface area contributed by atoms with Crippen LogP contribution in [-0.4, -0.2) is 22.8 Å². The van der Waals surface area contributed by atoms with Gasteiger partial charge >= 0.3 is 6.18 Å². The summed E-state index contributed by atoms with van der Waals surface area (Å²) >= 11 is 8.66. The van der Waals surface area contributed by atoms with Gasteiger partial charge in [0.2, 0.25) is 0 Å². The summed E-state index contributed by atoms with van der Waals surface area (Å²) in [6.07, 6.45) is -3.00. The SMILES string of the molecule is FC(F)(F)COCc1ncc(Br)c(Cl)n1. The first-order valence-corrected chi connectivity index (χ1v) is 4.87.